The lowest BCUT2D eigenvalue weighted by molar-refractivity contribution is 0.185. The summed E-state index contributed by atoms with van der Waals surface area (Å²) in [5.41, 5.74) is 1.73. The molecule has 0 amide bonds. The summed E-state index contributed by atoms with van der Waals surface area (Å²) in [5.74, 6) is 1.66. The van der Waals surface area contributed by atoms with Crippen LogP contribution in [-0.4, -0.2) is 25.5 Å². The second kappa shape index (κ2) is 7.42. The highest BCUT2D eigenvalue weighted by molar-refractivity contribution is 7.99. The number of nitriles is 1. The van der Waals surface area contributed by atoms with Gasteiger partial charge in [0.2, 0.25) is 0 Å². The maximum atomic E-state index is 9.31. The Labute approximate surface area is 119 Å². The molecule has 102 valence electrons. The lowest BCUT2D eigenvalue weighted by Crippen LogP contribution is -2.10. The number of hydrogen-bond donors (Lipinski definition) is 1. The third-order valence-electron chi connectivity index (χ3n) is 3.33. The van der Waals surface area contributed by atoms with Crippen molar-refractivity contribution in [1.29, 1.82) is 5.26 Å². The van der Waals surface area contributed by atoms with Crippen LogP contribution in [0.5, 0.6) is 0 Å². The summed E-state index contributed by atoms with van der Waals surface area (Å²) in [7, 11) is 0. The van der Waals surface area contributed by atoms with Crippen molar-refractivity contribution in [3.8, 4) is 6.07 Å². The van der Waals surface area contributed by atoms with Gasteiger partial charge in [-0.1, -0.05) is 13.0 Å². The van der Waals surface area contributed by atoms with E-state index in [1.807, 2.05) is 18.2 Å². The highest BCUT2D eigenvalue weighted by atomic mass is 32.2. The summed E-state index contributed by atoms with van der Waals surface area (Å²) in [5, 5.41) is 12.7. The van der Waals surface area contributed by atoms with Gasteiger partial charge in [-0.3, -0.25) is 0 Å². The molecule has 1 heterocycles. The fourth-order valence-electron chi connectivity index (χ4n) is 2.29. The minimum atomic E-state index is 0.672. The Morgan fingerprint density at radius 3 is 3.11 bits per heavy atom. The minimum absolute atomic E-state index is 0.672. The third kappa shape index (κ3) is 3.89. The summed E-state index contributed by atoms with van der Waals surface area (Å²) >= 11 is 1.72. The van der Waals surface area contributed by atoms with Gasteiger partial charge in [0.25, 0.3) is 0 Å². The van der Waals surface area contributed by atoms with Crippen LogP contribution in [0.25, 0.3) is 0 Å². The van der Waals surface area contributed by atoms with Crippen molar-refractivity contribution in [2.45, 2.75) is 24.7 Å². The number of ether oxygens (including phenoxy) is 1. The van der Waals surface area contributed by atoms with Gasteiger partial charge in [-0.2, -0.15) is 5.26 Å². The lowest BCUT2D eigenvalue weighted by atomic mass is 10.1. The number of benzene rings is 1. The van der Waals surface area contributed by atoms with Gasteiger partial charge in [0.15, 0.2) is 0 Å². The molecule has 1 aliphatic rings. The van der Waals surface area contributed by atoms with Gasteiger partial charge < -0.3 is 10.1 Å². The molecule has 0 bridgehead atoms. The molecule has 1 aromatic carbocycles. The van der Waals surface area contributed by atoms with E-state index < -0.39 is 0 Å². The average Bonchev–Trinajstić information content (AvgIpc) is 2.93. The normalized spacial score (nSPS) is 18.2. The highest BCUT2D eigenvalue weighted by Gasteiger charge is 2.15. The molecule has 1 atom stereocenters. The van der Waals surface area contributed by atoms with E-state index in [0.29, 0.717) is 5.92 Å². The SMILES string of the molecule is CCSc1cccc(NCCC2CCOC2)c1C#N. The van der Waals surface area contributed by atoms with Crippen molar-refractivity contribution in [3.05, 3.63) is 23.8 Å². The maximum Gasteiger partial charge on any atom is 0.102 e. The van der Waals surface area contributed by atoms with Crippen LogP contribution in [-0.2, 0) is 4.74 Å². The standard InChI is InChI=1S/C15H20N2OS/c1-2-19-15-5-3-4-14(13(15)10-16)17-8-6-12-7-9-18-11-12/h3-5,12,17H,2,6-9,11H2,1H3. The fraction of sp³-hybridized carbons (Fsp3) is 0.533. The van der Waals surface area contributed by atoms with Crippen LogP contribution < -0.4 is 5.32 Å². The van der Waals surface area contributed by atoms with Crippen LogP contribution >= 0.6 is 11.8 Å². The summed E-state index contributed by atoms with van der Waals surface area (Å²) in [6.45, 7) is 4.80. The summed E-state index contributed by atoms with van der Waals surface area (Å²) in [4.78, 5) is 1.07. The first-order valence-electron chi connectivity index (χ1n) is 6.82. The molecule has 0 saturated carbocycles. The molecule has 2 rings (SSSR count). The van der Waals surface area contributed by atoms with Crippen molar-refractivity contribution in [1.82, 2.24) is 0 Å². The van der Waals surface area contributed by atoms with Crippen LogP contribution in [0, 0.1) is 17.2 Å². The number of nitrogens with one attached hydrogen (secondary N) is 1. The number of anilines is 1. The first kappa shape index (κ1) is 14.2. The number of nitrogens with zero attached hydrogens (tertiary/aromatic N) is 1. The lowest BCUT2D eigenvalue weighted by Gasteiger charge is -2.12. The van der Waals surface area contributed by atoms with E-state index in [4.69, 9.17) is 4.74 Å². The first-order chi connectivity index (χ1) is 9.35. The zero-order valence-corrected chi connectivity index (χ0v) is 12.1. The topological polar surface area (TPSA) is 45.0 Å². The molecular formula is C15H20N2OS. The monoisotopic (exact) mass is 276 g/mol. The quantitative estimate of drug-likeness (QED) is 0.808. The first-order valence-corrected chi connectivity index (χ1v) is 7.81. The molecule has 19 heavy (non-hydrogen) atoms. The van der Waals surface area contributed by atoms with Gasteiger partial charge in [0, 0.05) is 24.7 Å². The van der Waals surface area contributed by atoms with E-state index in [2.05, 4.69) is 18.3 Å². The molecule has 0 spiro atoms. The largest absolute Gasteiger partial charge is 0.384 e. The zero-order valence-electron chi connectivity index (χ0n) is 11.3. The molecule has 1 fully saturated rings. The Morgan fingerprint density at radius 2 is 2.42 bits per heavy atom. The van der Waals surface area contributed by atoms with E-state index in [9.17, 15) is 5.26 Å². The van der Waals surface area contributed by atoms with Gasteiger partial charge in [0.05, 0.1) is 11.3 Å². The molecule has 3 nitrogen and oxygen atoms in total. The Kier molecular flexibility index (Phi) is 5.56. The van der Waals surface area contributed by atoms with Crippen LogP contribution in [0.1, 0.15) is 25.3 Å². The Morgan fingerprint density at radius 1 is 1.53 bits per heavy atom. The van der Waals surface area contributed by atoms with Gasteiger partial charge in [-0.05, 0) is 36.6 Å². The molecule has 0 aliphatic carbocycles. The molecule has 0 radical (unpaired) electrons. The maximum absolute atomic E-state index is 9.31. The Bertz CT molecular complexity index is 450. The number of rotatable bonds is 6. The molecule has 1 aromatic rings. The van der Waals surface area contributed by atoms with Crippen LogP contribution in [0.15, 0.2) is 23.1 Å². The van der Waals surface area contributed by atoms with E-state index in [1.165, 1.54) is 6.42 Å². The van der Waals surface area contributed by atoms with Crippen molar-refractivity contribution in [2.75, 3.05) is 30.8 Å². The van der Waals surface area contributed by atoms with Crippen LogP contribution in [0.3, 0.4) is 0 Å². The van der Waals surface area contributed by atoms with Gasteiger partial charge >= 0.3 is 0 Å². The third-order valence-corrected chi connectivity index (χ3v) is 4.27. The minimum Gasteiger partial charge on any atom is -0.384 e. The zero-order chi connectivity index (χ0) is 13.5. The van der Waals surface area contributed by atoms with E-state index in [-0.39, 0.29) is 0 Å². The van der Waals surface area contributed by atoms with Gasteiger partial charge in [-0.25, -0.2) is 0 Å². The predicted octanol–water partition coefficient (Wildman–Crippen LogP) is 3.51. The van der Waals surface area contributed by atoms with Crippen LogP contribution in [0.2, 0.25) is 0 Å². The molecule has 1 unspecified atom stereocenters. The summed E-state index contributed by atoms with van der Waals surface area (Å²) < 4.78 is 5.37. The van der Waals surface area contributed by atoms with Crippen LogP contribution in [0.4, 0.5) is 5.69 Å². The Hall–Kier alpha value is -1.18. The Balaban J connectivity index is 1.95. The van der Waals surface area contributed by atoms with E-state index in [1.54, 1.807) is 11.8 Å². The van der Waals surface area contributed by atoms with Crippen molar-refractivity contribution >= 4 is 17.4 Å². The second-order valence-electron chi connectivity index (χ2n) is 4.67. The molecule has 4 heteroatoms. The molecular weight excluding hydrogens is 256 g/mol. The molecule has 1 aliphatic heterocycles. The van der Waals surface area contributed by atoms with Crippen molar-refractivity contribution in [2.24, 2.45) is 5.92 Å². The average molecular weight is 276 g/mol. The van der Waals surface area contributed by atoms with E-state index >= 15 is 0 Å². The summed E-state index contributed by atoms with van der Waals surface area (Å²) in [6, 6.07) is 8.34. The van der Waals surface area contributed by atoms with Crippen molar-refractivity contribution in [3.63, 3.8) is 0 Å². The highest BCUT2D eigenvalue weighted by Crippen LogP contribution is 2.28. The van der Waals surface area contributed by atoms with Gasteiger partial charge in [-0.15, -0.1) is 11.8 Å². The molecule has 0 aromatic heterocycles. The number of hydrogen-bond acceptors (Lipinski definition) is 4. The van der Waals surface area contributed by atoms with Crippen molar-refractivity contribution < 1.29 is 4.74 Å². The number of thioether (sulfide) groups is 1. The summed E-state index contributed by atoms with van der Waals surface area (Å²) in [6.07, 6.45) is 2.27. The van der Waals surface area contributed by atoms with E-state index in [0.717, 1.165) is 48.1 Å². The van der Waals surface area contributed by atoms with Gasteiger partial charge in [0.1, 0.15) is 6.07 Å². The smallest absolute Gasteiger partial charge is 0.102 e. The second-order valence-corrected chi connectivity index (χ2v) is 5.97. The molecule has 1 N–H and O–H groups in total. The predicted molar refractivity (Wildman–Crippen MR) is 79.6 cm³/mol. The fourth-order valence-corrected chi connectivity index (χ4v) is 3.08. The molecule has 1 saturated heterocycles.